The SMILES string of the molecule is CCN1CC(NC2CCC(C(=O)c3ccccc3)CC2)C(O)C12OC(=O)C=CC(=O)O2. The Bertz CT molecular complexity index is 842. The molecule has 1 aromatic carbocycles. The van der Waals surface area contributed by atoms with Crippen LogP contribution in [0.5, 0.6) is 0 Å². The van der Waals surface area contributed by atoms with Gasteiger partial charge in [0.25, 0.3) is 0 Å². The number of carbonyl (C=O) groups excluding carboxylic acids is 3. The zero-order valence-corrected chi connectivity index (χ0v) is 17.5. The molecular formula is C23H28N2O6. The fraction of sp³-hybridized carbons (Fsp3) is 0.522. The monoisotopic (exact) mass is 428 g/mol. The molecule has 1 saturated carbocycles. The van der Waals surface area contributed by atoms with E-state index in [2.05, 4.69) is 5.32 Å². The number of aliphatic hydroxyl groups excluding tert-OH is 1. The van der Waals surface area contributed by atoms with Crippen molar-refractivity contribution in [2.45, 2.75) is 56.7 Å². The smallest absolute Gasteiger partial charge is 0.349 e. The minimum Gasteiger partial charge on any atom is -0.403 e. The fourth-order valence-electron chi connectivity index (χ4n) is 4.83. The van der Waals surface area contributed by atoms with E-state index in [4.69, 9.17) is 9.47 Å². The van der Waals surface area contributed by atoms with Gasteiger partial charge in [-0.25, -0.2) is 14.5 Å². The van der Waals surface area contributed by atoms with E-state index < -0.39 is 30.0 Å². The zero-order valence-electron chi connectivity index (χ0n) is 17.5. The lowest BCUT2D eigenvalue weighted by Gasteiger charge is -2.36. The highest BCUT2D eigenvalue weighted by molar-refractivity contribution is 5.97. The lowest BCUT2D eigenvalue weighted by Crippen LogP contribution is -2.58. The van der Waals surface area contributed by atoms with Crippen molar-refractivity contribution in [1.82, 2.24) is 10.2 Å². The number of benzene rings is 1. The Morgan fingerprint density at radius 2 is 1.71 bits per heavy atom. The van der Waals surface area contributed by atoms with Crippen LogP contribution in [0, 0.1) is 5.92 Å². The lowest BCUT2D eigenvalue weighted by molar-refractivity contribution is -0.297. The van der Waals surface area contributed by atoms with Gasteiger partial charge in [-0.2, -0.15) is 0 Å². The predicted molar refractivity (Wildman–Crippen MR) is 111 cm³/mol. The summed E-state index contributed by atoms with van der Waals surface area (Å²) in [6.07, 6.45) is 3.91. The van der Waals surface area contributed by atoms with Crippen LogP contribution in [0.2, 0.25) is 0 Å². The molecule has 1 spiro atoms. The van der Waals surface area contributed by atoms with Crippen molar-refractivity contribution in [3.05, 3.63) is 48.0 Å². The van der Waals surface area contributed by atoms with Crippen molar-refractivity contribution in [2.24, 2.45) is 5.92 Å². The molecule has 1 aliphatic carbocycles. The predicted octanol–water partition coefficient (Wildman–Crippen LogP) is 1.39. The third-order valence-corrected chi connectivity index (χ3v) is 6.45. The number of likely N-dealkylation sites (N-methyl/N-ethyl adjacent to an activating group) is 1. The van der Waals surface area contributed by atoms with Gasteiger partial charge in [-0.05, 0) is 25.7 Å². The van der Waals surface area contributed by atoms with E-state index >= 15 is 0 Å². The van der Waals surface area contributed by atoms with Crippen LogP contribution in [-0.4, -0.2) is 64.9 Å². The summed E-state index contributed by atoms with van der Waals surface area (Å²) in [4.78, 5) is 38.3. The number of nitrogens with one attached hydrogen (secondary N) is 1. The largest absolute Gasteiger partial charge is 0.403 e. The lowest BCUT2D eigenvalue weighted by atomic mass is 9.81. The molecule has 0 amide bonds. The molecule has 31 heavy (non-hydrogen) atoms. The first-order chi connectivity index (χ1) is 14.9. The number of hydrogen-bond donors (Lipinski definition) is 2. The maximum Gasteiger partial charge on any atom is 0.349 e. The number of nitrogens with zero attached hydrogens (tertiary/aromatic N) is 1. The number of rotatable bonds is 5. The Hall–Kier alpha value is -2.55. The number of aliphatic hydroxyl groups is 1. The summed E-state index contributed by atoms with van der Waals surface area (Å²) in [6, 6.07) is 9.03. The van der Waals surface area contributed by atoms with Crippen LogP contribution in [0.3, 0.4) is 0 Å². The Morgan fingerprint density at radius 1 is 1.10 bits per heavy atom. The summed E-state index contributed by atoms with van der Waals surface area (Å²) >= 11 is 0. The third-order valence-electron chi connectivity index (χ3n) is 6.45. The number of carbonyl (C=O) groups is 3. The van der Waals surface area contributed by atoms with E-state index in [-0.39, 0.29) is 17.7 Å². The number of hydrogen-bond acceptors (Lipinski definition) is 8. The standard InChI is InChI=1S/C23H28N2O6/c1-2-25-14-18(22(29)23(25)30-19(26)12-13-20(27)31-23)24-17-10-8-16(9-11-17)21(28)15-6-4-3-5-7-15/h3-7,12-13,16-18,22,24,29H,2,8-11,14H2,1H3. The first-order valence-electron chi connectivity index (χ1n) is 10.9. The van der Waals surface area contributed by atoms with Gasteiger partial charge >= 0.3 is 17.8 Å². The van der Waals surface area contributed by atoms with Gasteiger partial charge < -0.3 is 19.9 Å². The van der Waals surface area contributed by atoms with Gasteiger partial charge in [-0.3, -0.25) is 4.79 Å². The summed E-state index contributed by atoms with van der Waals surface area (Å²) in [5.41, 5.74) is 0.747. The average Bonchev–Trinajstić information content (AvgIpc) is 2.92. The minimum absolute atomic E-state index is 0.00211. The topological polar surface area (TPSA) is 105 Å². The second-order valence-corrected chi connectivity index (χ2v) is 8.34. The molecule has 2 N–H and O–H groups in total. The Morgan fingerprint density at radius 3 is 2.29 bits per heavy atom. The van der Waals surface area contributed by atoms with Crippen molar-refractivity contribution in [1.29, 1.82) is 0 Å². The first kappa shape index (κ1) is 21.7. The van der Waals surface area contributed by atoms with Crippen LogP contribution in [0.4, 0.5) is 0 Å². The van der Waals surface area contributed by atoms with Gasteiger partial charge in [0.1, 0.15) is 0 Å². The van der Waals surface area contributed by atoms with Crippen molar-refractivity contribution < 1.29 is 29.0 Å². The van der Waals surface area contributed by atoms with E-state index in [1.54, 1.807) is 4.90 Å². The summed E-state index contributed by atoms with van der Waals surface area (Å²) in [6.45, 7) is 2.63. The van der Waals surface area contributed by atoms with Crippen molar-refractivity contribution in [2.75, 3.05) is 13.1 Å². The Kier molecular flexibility index (Phi) is 6.22. The molecule has 166 valence electrons. The van der Waals surface area contributed by atoms with Gasteiger partial charge in [0.2, 0.25) is 0 Å². The number of Topliss-reactive ketones (excluding diaryl/α,β-unsaturated/α-hetero) is 1. The van der Waals surface area contributed by atoms with Gasteiger partial charge in [0.15, 0.2) is 11.9 Å². The molecule has 2 unspecified atom stereocenters. The molecule has 2 atom stereocenters. The molecule has 8 nitrogen and oxygen atoms in total. The summed E-state index contributed by atoms with van der Waals surface area (Å²) in [5.74, 6) is -3.11. The van der Waals surface area contributed by atoms with Crippen LogP contribution < -0.4 is 5.32 Å². The highest BCUT2D eigenvalue weighted by Crippen LogP contribution is 2.35. The Balaban J connectivity index is 1.39. The third kappa shape index (κ3) is 4.28. The van der Waals surface area contributed by atoms with Gasteiger partial charge in [0, 0.05) is 42.8 Å². The molecule has 2 heterocycles. The zero-order chi connectivity index (χ0) is 22.0. The molecule has 3 aliphatic rings. The number of esters is 2. The van der Waals surface area contributed by atoms with Gasteiger partial charge in [0.05, 0.1) is 6.04 Å². The van der Waals surface area contributed by atoms with E-state index in [0.717, 1.165) is 43.4 Å². The van der Waals surface area contributed by atoms with Crippen LogP contribution in [0.25, 0.3) is 0 Å². The van der Waals surface area contributed by atoms with Crippen LogP contribution >= 0.6 is 0 Å². The van der Waals surface area contributed by atoms with E-state index in [1.165, 1.54) is 0 Å². The van der Waals surface area contributed by atoms with E-state index in [9.17, 15) is 19.5 Å². The molecule has 1 aromatic rings. The molecule has 0 bridgehead atoms. The van der Waals surface area contributed by atoms with Crippen LogP contribution in [-0.2, 0) is 19.1 Å². The first-order valence-corrected chi connectivity index (χ1v) is 10.9. The second kappa shape index (κ2) is 8.90. The number of likely N-dealkylation sites (tertiary alicyclic amines) is 1. The van der Waals surface area contributed by atoms with Crippen LogP contribution in [0.15, 0.2) is 42.5 Å². The highest BCUT2D eigenvalue weighted by Gasteiger charge is 2.60. The molecule has 2 aliphatic heterocycles. The number of ketones is 1. The number of ether oxygens (including phenoxy) is 2. The molecular weight excluding hydrogens is 400 g/mol. The maximum atomic E-state index is 12.7. The van der Waals surface area contributed by atoms with Gasteiger partial charge in [-0.1, -0.05) is 37.3 Å². The molecule has 1 saturated heterocycles. The fourth-order valence-corrected chi connectivity index (χ4v) is 4.83. The van der Waals surface area contributed by atoms with Crippen molar-refractivity contribution in [3.8, 4) is 0 Å². The molecule has 4 rings (SSSR count). The quantitative estimate of drug-likeness (QED) is 0.536. The van der Waals surface area contributed by atoms with E-state index in [0.29, 0.717) is 13.1 Å². The average molecular weight is 428 g/mol. The van der Waals surface area contributed by atoms with Crippen molar-refractivity contribution in [3.63, 3.8) is 0 Å². The summed E-state index contributed by atoms with van der Waals surface area (Å²) in [7, 11) is 0. The van der Waals surface area contributed by atoms with E-state index in [1.807, 2.05) is 37.3 Å². The van der Waals surface area contributed by atoms with Crippen molar-refractivity contribution >= 4 is 17.7 Å². The molecule has 2 fully saturated rings. The highest BCUT2D eigenvalue weighted by atomic mass is 16.8. The molecule has 0 radical (unpaired) electrons. The molecule has 0 aromatic heterocycles. The molecule has 8 heteroatoms. The van der Waals surface area contributed by atoms with Gasteiger partial charge in [-0.15, -0.1) is 0 Å². The minimum atomic E-state index is -1.83. The summed E-state index contributed by atoms with van der Waals surface area (Å²) in [5, 5.41) is 14.5. The Labute approximate surface area is 181 Å². The maximum absolute atomic E-state index is 12.7. The van der Waals surface area contributed by atoms with Crippen LogP contribution in [0.1, 0.15) is 43.0 Å². The normalized spacial score (nSPS) is 30.6. The second-order valence-electron chi connectivity index (χ2n) is 8.34. The summed E-state index contributed by atoms with van der Waals surface area (Å²) < 4.78 is 10.8.